The van der Waals surface area contributed by atoms with Crippen LogP contribution in [-0.2, 0) is 6.54 Å². The number of amides is 2. The number of halogens is 1. The van der Waals surface area contributed by atoms with Crippen molar-refractivity contribution in [1.29, 1.82) is 0 Å². The summed E-state index contributed by atoms with van der Waals surface area (Å²) in [5, 5.41) is 8.43. The van der Waals surface area contributed by atoms with Crippen LogP contribution in [0, 0.1) is 0 Å². The van der Waals surface area contributed by atoms with Crippen LogP contribution in [0.3, 0.4) is 0 Å². The molecule has 1 aromatic heterocycles. The number of nitrogens with two attached hydrogens (primary N) is 1. The predicted octanol–water partition coefficient (Wildman–Crippen LogP) is 3.50. The molecule has 2 rings (SSSR count). The Morgan fingerprint density at radius 3 is 2.50 bits per heavy atom. The highest BCUT2D eigenvalue weighted by molar-refractivity contribution is 7.10. The number of urea groups is 1. The van der Waals surface area contributed by atoms with E-state index in [0.29, 0.717) is 5.69 Å². The molecule has 1 aromatic carbocycles. The van der Waals surface area contributed by atoms with Gasteiger partial charge in [0.1, 0.15) is 0 Å². The monoisotopic (exact) mass is 281 g/mol. The lowest BCUT2D eigenvalue weighted by Crippen LogP contribution is -2.19. The van der Waals surface area contributed by atoms with Gasteiger partial charge in [0, 0.05) is 28.2 Å². The lowest BCUT2D eigenvalue weighted by Gasteiger charge is -2.06. The average molecular weight is 282 g/mol. The summed E-state index contributed by atoms with van der Waals surface area (Å²) in [5.74, 6) is 0. The fourth-order valence-electron chi connectivity index (χ4n) is 1.45. The van der Waals surface area contributed by atoms with Gasteiger partial charge in [-0.2, -0.15) is 0 Å². The van der Waals surface area contributed by atoms with Crippen LogP contribution in [0.1, 0.15) is 4.88 Å². The maximum Gasteiger partial charge on any atom is 0.316 e. The molecule has 0 aliphatic heterocycles. The summed E-state index contributed by atoms with van der Waals surface area (Å²) in [7, 11) is 0. The van der Waals surface area contributed by atoms with Crippen LogP contribution in [0.5, 0.6) is 0 Å². The van der Waals surface area contributed by atoms with Gasteiger partial charge in [0.25, 0.3) is 0 Å². The van der Waals surface area contributed by atoms with Gasteiger partial charge < -0.3 is 16.4 Å². The number of rotatable bonds is 4. The molecule has 0 saturated carbocycles. The van der Waals surface area contributed by atoms with Gasteiger partial charge in [-0.15, -0.1) is 11.3 Å². The van der Waals surface area contributed by atoms with E-state index in [0.717, 1.165) is 17.3 Å². The highest BCUT2D eigenvalue weighted by atomic mass is 35.5. The summed E-state index contributed by atoms with van der Waals surface area (Å²) < 4.78 is 0. The fraction of sp³-hybridized carbons (Fsp3) is 0.0833. The van der Waals surface area contributed by atoms with Crippen molar-refractivity contribution in [1.82, 2.24) is 0 Å². The molecule has 0 saturated heterocycles. The Morgan fingerprint density at radius 2 is 1.94 bits per heavy atom. The lowest BCUT2D eigenvalue weighted by atomic mass is 10.3. The number of carbonyl (C=O) groups is 1. The normalized spacial score (nSPS) is 10.1. The van der Waals surface area contributed by atoms with Gasteiger partial charge in [0.05, 0.1) is 5.02 Å². The van der Waals surface area contributed by atoms with E-state index in [1.54, 1.807) is 23.5 Å². The Labute approximate surface area is 114 Å². The molecule has 4 nitrogen and oxygen atoms in total. The average Bonchev–Trinajstić information content (AvgIpc) is 2.74. The molecule has 2 amide bonds. The summed E-state index contributed by atoms with van der Waals surface area (Å²) >= 11 is 7.45. The smallest absolute Gasteiger partial charge is 0.316 e. The van der Waals surface area contributed by atoms with E-state index in [2.05, 4.69) is 10.6 Å². The van der Waals surface area contributed by atoms with Gasteiger partial charge in [0.15, 0.2) is 0 Å². The largest absolute Gasteiger partial charge is 0.380 e. The van der Waals surface area contributed by atoms with Crippen LogP contribution >= 0.6 is 22.9 Å². The predicted molar refractivity (Wildman–Crippen MR) is 76.3 cm³/mol. The van der Waals surface area contributed by atoms with Crippen molar-refractivity contribution < 1.29 is 4.79 Å². The minimum Gasteiger partial charge on any atom is -0.380 e. The number of hydrogen-bond acceptors (Lipinski definition) is 3. The topological polar surface area (TPSA) is 67.2 Å². The zero-order valence-electron chi connectivity index (χ0n) is 9.44. The van der Waals surface area contributed by atoms with Crippen molar-refractivity contribution in [3.8, 4) is 0 Å². The number of benzene rings is 1. The molecule has 2 aromatic rings. The van der Waals surface area contributed by atoms with Crippen molar-refractivity contribution in [3.63, 3.8) is 0 Å². The summed E-state index contributed by atoms with van der Waals surface area (Å²) in [6.07, 6.45) is 0. The molecule has 0 fully saturated rings. The molecule has 0 radical (unpaired) electrons. The molecule has 0 aliphatic carbocycles. The van der Waals surface area contributed by atoms with E-state index < -0.39 is 6.03 Å². The number of carbonyl (C=O) groups excluding carboxylic acids is 1. The fourth-order valence-corrected chi connectivity index (χ4v) is 2.46. The quantitative estimate of drug-likeness (QED) is 0.803. The molecule has 94 valence electrons. The number of hydrogen-bond donors (Lipinski definition) is 3. The van der Waals surface area contributed by atoms with Crippen LogP contribution in [0.15, 0.2) is 35.7 Å². The Bertz CT molecular complexity index is 539. The van der Waals surface area contributed by atoms with Crippen LogP contribution < -0.4 is 16.4 Å². The van der Waals surface area contributed by atoms with E-state index in [-0.39, 0.29) is 0 Å². The second kappa shape index (κ2) is 5.75. The number of nitrogens with one attached hydrogen (secondary N) is 2. The summed E-state index contributed by atoms with van der Waals surface area (Å²) in [6.45, 7) is 0.722. The zero-order valence-corrected chi connectivity index (χ0v) is 11.0. The molecule has 1 heterocycles. The molecule has 0 unspecified atom stereocenters. The summed E-state index contributed by atoms with van der Waals surface area (Å²) in [6, 6.07) is 8.69. The molecular formula is C12H12ClN3OS. The third-order valence-electron chi connectivity index (χ3n) is 2.24. The first-order valence-corrected chi connectivity index (χ1v) is 6.52. The number of primary amides is 1. The summed E-state index contributed by atoms with van der Waals surface area (Å²) in [5.41, 5.74) is 6.66. The van der Waals surface area contributed by atoms with Crippen molar-refractivity contribution in [2.24, 2.45) is 5.73 Å². The second-order valence-corrected chi connectivity index (χ2v) is 5.08. The molecule has 18 heavy (non-hydrogen) atoms. The highest BCUT2D eigenvalue weighted by Crippen LogP contribution is 2.20. The molecule has 0 bridgehead atoms. The third kappa shape index (κ3) is 3.65. The van der Waals surface area contributed by atoms with Crippen molar-refractivity contribution in [2.45, 2.75) is 6.54 Å². The Kier molecular flexibility index (Phi) is 4.07. The molecule has 0 aliphatic rings. The Hall–Kier alpha value is -1.72. The standard InChI is InChI=1S/C12H12ClN3OS/c13-8-5-11(18-7-8)6-15-9-1-3-10(4-2-9)16-12(14)17/h1-5,7,15H,6H2,(H3,14,16,17). The van der Waals surface area contributed by atoms with Gasteiger partial charge in [-0.05, 0) is 30.3 Å². The first kappa shape index (κ1) is 12.7. The first-order valence-electron chi connectivity index (χ1n) is 5.27. The van der Waals surface area contributed by atoms with E-state index in [9.17, 15) is 4.79 Å². The van der Waals surface area contributed by atoms with E-state index in [1.165, 1.54) is 4.88 Å². The zero-order chi connectivity index (χ0) is 13.0. The lowest BCUT2D eigenvalue weighted by molar-refractivity contribution is 0.259. The molecule has 6 heteroatoms. The third-order valence-corrected chi connectivity index (χ3v) is 3.53. The SMILES string of the molecule is NC(=O)Nc1ccc(NCc2cc(Cl)cs2)cc1. The molecule has 4 N–H and O–H groups in total. The van der Waals surface area contributed by atoms with Gasteiger partial charge in [0.2, 0.25) is 0 Å². The maximum atomic E-state index is 10.7. The molecule has 0 spiro atoms. The summed E-state index contributed by atoms with van der Waals surface area (Å²) in [4.78, 5) is 11.8. The van der Waals surface area contributed by atoms with Gasteiger partial charge in [-0.25, -0.2) is 4.79 Å². The van der Waals surface area contributed by atoms with Crippen LogP contribution in [0.4, 0.5) is 16.2 Å². The minimum absolute atomic E-state index is 0.566. The van der Waals surface area contributed by atoms with Crippen molar-refractivity contribution in [2.75, 3.05) is 10.6 Å². The van der Waals surface area contributed by atoms with Crippen molar-refractivity contribution >= 4 is 40.3 Å². The van der Waals surface area contributed by atoms with Gasteiger partial charge in [-0.1, -0.05) is 11.6 Å². The van der Waals surface area contributed by atoms with Gasteiger partial charge in [-0.3, -0.25) is 0 Å². The number of anilines is 2. The Balaban J connectivity index is 1.92. The van der Waals surface area contributed by atoms with Crippen LogP contribution in [0.25, 0.3) is 0 Å². The van der Waals surface area contributed by atoms with Gasteiger partial charge >= 0.3 is 6.03 Å². The van der Waals surface area contributed by atoms with E-state index in [1.807, 2.05) is 23.6 Å². The van der Waals surface area contributed by atoms with Crippen LogP contribution in [-0.4, -0.2) is 6.03 Å². The molecule has 0 atom stereocenters. The first-order chi connectivity index (χ1) is 8.63. The van der Waals surface area contributed by atoms with Crippen molar-refractivity contribution in [3.05, 3.63) is 45.6 Å². The van der Waals surface area contributed by atoms with E-state index in [4.69, 9.17) is 17.3 Å². The van der Waals surface area contributed by atoms with E-state index >= 15 is 0 Å². The highest BCUT2D eigenvalue weighted by Gasteiger charge is 1.99. The minimum atomic E-state index is -0.566. The second-order valence-electron chi connectivity index (χ2n) is 3.65. The molecular weight excluding hydrogens is 270 g/mol. The Morgan fingerprint density at radius 1 is 1.28 bits per heavy atom. The maximum absolute atomic E-state index is 10.7. The number of thiophene rings is 1. The van der Waals surface area contributed by atoms with Crippen LogP contribution in [0.2, 0.25) is 5.02 Å².